The third-order valence-corrected chi connectivity index (χ3v) is 7.87. The van der Waals surface area contributed by atoms with Crippen LogP contribution in [0.1, 0.15) is 44.6 Å². The SMILES string of the molecule is CC(=O)N1CCCN(C2CCOCC2)CCCN(C(=O)CCn2ncc3ccccc32)Cc2ccccc21. The van der Waals surface area contributed by atoms with Crippen molar-refractivity contribution in [3.8, 4) is 0 Å². The Morgan fingerprint density at radius 3 is 2.50 bits per heavy atom. The lowest BCUT2D eigenvalue weighted by Crippen LogP contribution is -2.43. The van der Waals surface area contributed by atoms with Gasteiger partial charge in [0, 0.05) is 76.4 Å². The second-order valence-corrected chi connectivity index (χ2v) is 10.4. The van der Waals surface area contributed by atoms with Crippen LogP contribution in [0.2, 0.25) is 0 Å². The average Bonchev–Trinajstić information content (AvgIpc) is 3.35. The summed E-state index contributed by atoms with van der Waals surface area (Å²) in [6.07, 6.45) is 6.17. The van der Waals surface area contributed by atoms with E-state index in [1.807, 2.05) is 69.2 Å². The second-order valence-electron chi connectivity index (χ2n) is 10.4. The number of carbonyl (C=O) groups excluding carboxylic acids is 2. The van der Waals surface area contributed by atoms with Gasteiger partial charge in [-0.3, -0.25) is 14.3 Å². The molecule has 8 heteroatoms. The van der Waals surface area contributed by atoms with Crippen molar-refractivity contribution in [1.82, 2.24) is 19.6 Å². The molecule has 1 fully saturated rings. The first-order valence-corrected chi connectivity index (χ1v) is 14.0. The van der Waals surface area contributed by atoms with E-state index >= 15 is 0 Å². The number of fused-ring (bicyclic) bond motifs is 2. The minimum Gasteiger partial charge on any atom is -0.381 e. The van der Waals surface area contributed by atoms with Crippen molar-refractivity contribution in [2.45, 2.75) is 58.2 Å². The Morgan fingerprint density at radius 2 is 1.68 bits per heavy atom. The fourth-order valence-electron chi connectivity index (χ4n) is 5.84. The molecule has 202 valence electrons. The van der Waals surface area contributed by atoms with Gasteiger partial charge in [-0.05, 0) is 43.4 Å². The number of carbonyl (C=O) groups is 2. The number of hydrogen-bond donors (Lipinski definition) is 0. The molecule has 3 heterocycles. The molecule has 8 nitrogen and oxygen atoms in total. The van der Waals surface area contributed by atoms with Gasteiger partial charge in [-0.1, -0.05) is 36.4 Å². The summed E-state index contributed by atoms with van der Waals surface area (Å²) < 4.78 is 7.53. The summed E-state index contributed by atoms with van der Waals surface area (Å²) in [5, 5.41) is 5.59. The van der Waals surface area contributed by atoms with Crippen LogP contribution in [-0.2, 0) is 27.4 Å². The number of amides is 2. The Bertz CT molecular complexity index is 1240. The van der Waals surface area contributed by atoms with E-state index in [0.717, 1.165) is 74.1 Å². The van der Waals surface area contributed by atoms with Crippen LogP contribution in [0.3, 0.4) is 0 Å². The molecule has 1 saturated heterocycles. The average molecular weight is 518 g/mol. The number of rotatable bonds is 4. The number of nitrogens with zero attached hydrogens (tertiary/aromatic N) is 5. The number of hydrogen-bond acceptors (Lipinski definition) is 5. The Morgan fingerprint density at radius 1 is 0.947 bits per heavy atom. The van der Waals surface area contributed by atoms with Gasteiger partial charge in [0.2, 0.25) is 11.8 Å². The molecule has 0 aliphatic carbocycles. The molecule has 1 aromatic heterocycles. The predicted molar refractivity (Wildman–Crippen MR) is 149 cm³/mol. The van der Waals surface area contributed by atoms with E-state index in [9.17, 15) is 9.59 Å². The summed E-state index contributed by atoms with van der Waals surface area (Å²) in [6.45, 7) is 7.53. The highest BCUT2D eigenvalue weighted by atomic mass is 16.5. The van der Waals surface area contributed by atoms with Crippen molar-refractivity contribution in [2.24, 2.45) is 0 Å². The van der Waals surface area contributed by atoms with Crippen molar-refractivity contribution >= 4 is 28.4 Å². The van der Waals surface area contributed by atoms with Gasteiger partial charge in [0.25, 0.3) is 0 Å². The van der Waals surface area contributed by atoms with Crippen LogP contribution < -0.4 is 4.90 Å². The van der Waals surface area contributed by atoms with E-state index in [0.29, 0.717) is 38.6 Å². The number of aromatic nitrogens is 2. The van der Waals surface area contributed by atoms with Crippen LogP contribution in [0, 0.1) is 0 Å². The Balaban J connectivity index is 1.36. The molecule has 0 spiro atoms. The summed E-state index contributed by atoms with van der Waals surface area (Å²) in [6, 6.07) is 16.6. The molecule has 0 unspecified atom stereocenters. The number of aryl methyl sites for hydroxylation is 1. The zero-order valence-electron chi connectivity index (χ0n) is 22.4. The smallest absolute Gasteiger partial charge is 0.224 e. The van der Waals surface area contributed by atoms with Crippen LogP contribution in [0.4, 0.5) is 5.69 Å². The maximum atomic E-state index is 13.6. The molecule has 0 atom stereocenters. The summed E-state index contributed by atoms with van der Waals surface area (Å²) in [7, 11) is 0. The molecular weight excluding hydrogens is 478 g/mol. The standard InChI is InChI=1S/C30H39N5O3/c1-24(36)34-18-7-16-32(27-13-20-38-21-14-27)15-6-17-33(23-26-9-3-4-10-28(26)34)30(37)12-19-35-29-11-5-2-8-25(29)22-31-35/h2-5,8-11,22,27H,6-7,12-21,23H2,1H3. The highest BCUT2D eigenvalue weighted by molar-refractivity contribution is 5.92. The molecule has 38 heavy (non-hydrogen) atoms. The minimum absolute atomic E-state index is 0.0376. The minimum atomic E-state index is 0.0376. The highest BCUT2D eigenvalue weighted by Gasteiger charge is 2.25. The topological polar surface area (TPSA) is 70.9 Å². The normalized spacial score (nSPS) is 18.6. The lowest BCUT2D eigenvalue weighted by Gasteiger charge is -2.36. The predicted octanol–water partition coefficient (Wildman–Crippen LogP) is 4.08. The Kier molecular flexibility index (Phi) is 8.71. The van der Waals surface area contributed by atoms with Gasteiger partial charge in [-0.15, -0.1) is 0 Å². The third kappa shape index (κ3) is 6.25. The van der Waals surface area contributed by atoms with Crippen molar-refractivity contribution in [3.05, 3.63) is 60.3 Å². The number of benzene rings is 2. The van der Waals surface area contributed by atoms with E-state index in [4.69, 9.17) is 4.74 Å². The lowest BCUT2D eigenvalue weighted by molar-refractivity contribution is -0.132. The van der Waals surface area contributed by atoms with E-state index in [1.54, 1.807) is 6.92 Å². The number of ether oxygens (including phenoxy) is 1. The Labute approximate surface area is 225 Å². The van der Waals surface area contributed by atoms with Gasteiger partial charge in [0.1, 0.15) is 0 Å². The van der Waals surface area contributed by atoms with Crippen molar-refractivity contribution in [2.75, 3.05) is 44.3 Å². The monoisotopic (exact) mass is 517 g/mol. The van der Waals surface area contributed by atoms with E-state index in [2.05, 4.69) is 10.00 Å². The van der Waals surface area contributed by atoms with Crippen LogP contribution in [-0.4, -0.2) is 76.8 Å². The fourth-order valence-corrected chi connectivity index (χ4v) is 5.84. The van der Waals surface area contributed by atoms with Gasteiger partial charge in [0.05, 0.1) is 18.3 Å². The van der Waals surface area contributed by atoms with Crippen LogP contribution in [0.15, 0.2) is 54.7 Å². The van der Waals surface area contributed by atoms with Crippen molar-refractivity contribution in [3.63, 3.8) is 0 Å². The molecule has 0 saturated carbocycles. The first-order valence-electron chi connectivity index (χ1n) is 14.0. The molecule has 2 amide bonds. The molecule has 2 aliphatic heterocycles. The number of para-hydroxylation sites is 2. The van der Waals surface area contributed by atoms with E-state index < -0.39 is 0 Å². The van der Waals surface area contributed by atoms with Gasteiger partial charge in [0.15, 0.2) is 0 Å². The molecule has 2 aromatic carbocycles. The highest BCUT2D eigenvalue weighted by Crippen LogP contribution is 2.25. The molecular formula is C30H39N5O3. The zero-order valence-corrected chi connectivity index (χ0v) is 22.4. The summed E-state index contributed by atoms with van der Waals surface area (Å²) in [5.74, 6) is 0.152. The van der Waals surface area contributed by atoms with Gasteiger partial charge < -0.3 is 19.4 Å². The second kappa shape index (κ2) is 12.5. The van der Waals surface area contributed by atoms with E-state index in [-0.39, 0.29) is 11.8 Å². The van der Waals surface area contributed by atoms with Crippen molar-refractivity contribution in [1.29, 1.82) is 0 Å². The van der Waals surface area contributed by atoms with Gasteiger partial charge in [-0.2, -0.15) is 5.10 Å². The van der Waals surface area contributed by atoms with Gasteiger partial charge >= 0.3 is 0 Å². The zero-order chi connectivity index (χ0) is 26.3. The Hall–Kier alpha value is -3.23. The molecule has 0 N–H and O–H groups in total. The molecule has 3 aromatic rings. The first-order chi connectivity index (χ1) is 18.6. The first kappa shape index (κ1) is 26.4. The summed E-state index contributed by atoms with van der Waals surface area (Å²) >= 11 is 0. The van der Waals surface area contributed by atoms with Crippen LogP contribution in [0.25, 0.3) is 10.9 Å². The summed E-state index contributed by atoms with van der Waals surface area (Å²) in [4.78, 5) is 32.8. The quantitative estimate of drug-likeness (QED) is 0.522. The molecule has 0 radical (unpaired) electrons. The third-order valence-electron chi connectivity index (χ3n) is 7.87. The van der Waals surface area contributed by atoms with Crippen molar-refractivity contribution < 1.29 is 14.3 Å². The summed E-state index contributed by atoms with van der Waals surface area (Å²) in [5.41, 5.74) is 2.97. The van der Waals surface area contributed by atoms with Gasteiger partial charge in [-0.25, -0.2) is 0 Å². The lowest BCUT2D eigenvalue weighted by atomic mass is 10.1. The molecule has 2 aliphatic rings. The fraction of sp³-hybridized carbons (Fsp3) is 0.500. The maximum absolute atomic E-state index is 13.6. The molecule has 5 rings (SSSR count). The maximum Gasteiger partial charge on any atom is 0.224 e. The van der Waals surface area contributed by atoms with E-state index in [1.165, 1.54) is 0 Å². The molecule has 0 bridgehead atoms. The largest absolute Gasteiger partial charge is 0.381 e. The van der Waals surface area contributed by atoms with Crippen LogP contribution in [0.5, 0.6) is 0 Å². The number of anilines is 1. The van der Waals surface area contributed by atoms with Crippen LogP contribution >= 0.6 is 0 Å².